The SMILES string of the molecule is CC(N)c1cccc(-n2nccc2-c2ccc(F)cc2)c1. The van der Waals surface area contributed by atoms with Gasteiger partial charge in [-0.15, -0.1) is 0 Å². The fourth-order valence-electron chi connectivity index (χ4n) is 2.29. The lowest BCUT2D eigenvalue weighted by molar-refractivity contribution is 0.628. The van der Waals surface area contributed by atoms with E-state index < -0.39 is 0 Å². The number of nitrogens with two attached hydrogens (primary N) is 1. The second-order valence-electron chi connectivity index (χ2n) is 5.02. The zero-order valence-electron chi connectivity index (χ0n) is 11.7. The summed E-state index contributed by atoms with van der Waals surface area (Å²) in [5, 5.41) is 4.37. The number of halogens is 1. The van der Waals surface area contributed by atoms with Crippen LogP contribution in [-0.4, -0.2) is 9.78 Å². The van der Waals surface area contributed by atoms with Gasteiger partial charge in [0, 0.05) is 11.6 Å². The van der Waals surface area contributed by atoms with Gasteiger partial charge >= 0.3 is 0 Å². The Morgan fingerprint density at radius 3 is 2.57 bits per heavy atom. The van der Waals surface area contributed by atoms with Crippen LogP contribution in [0.3, 0.4) is 0 Å². The van der Waals surface area contributed by atoms with Crippen LogP contribution in [0.15, 0.2) is 60.8 Å². The molecular weight excluding hydrogens is 265 g/mol. The summed E-state index contributed by atoms with van der Waals surface area (Å²) in [5.74, 6) is -0.247. The second-order valence-corrected chi connectivity index (χ2v) is 5.02. The summed E-state index contributed by atoms with van der Waals surface area (Å²) in [6.45, 7) is 1.95. The van der Waals surface area contributed by atoms with Crippen LogP contribution >= 0.6 is 0 Å². The Morgan fingerprint density at radius 2 is 1.86 bits per heavy atom. The van der Waals surface area contributed by atoms with Gasteiger partial charge in [0.25, 0.3) is 0 Å². The number of aromatic nitrogens is 2. The first-order valence-corrected chi connectivity index (χ1v) is 6.81. The van der Waals surface area contributed by atoms with Gasteiger partial charge in [-0.1, -0.05) is 12.1 Å². The highest BCUT2D eigenvalue weighted by Crippen LogP contribution is 2.24. The number of nitrogens with zero attached hydrogens (tertiary/aromatic N) is 2. The van der Waals surface area contributed by atoms with Gasteiger partial charge in [0.1, 0.15) is 5.82 Å². The third-order valence-corrected chi connectivity index (χ3v) is 3.42. The van der Waals surface area contributed by atoms with Crippen LogP contribution in [0.4, 0.5) is 4.39 Å². The Bertz CT molecular complexity index is 745. The van der Waals surface area contributed by atoms with Gasteiger partial charge < -0.3 is 5.73 Å². The van der Waals surface area contributed by atoms with E-state index in [1.54, 1.807) is 18.3 Å². The van der Waals surface area contributed by atoms with E-state index >= 15 is 0 Å². The molecule has 1 unspecified atom stereocenters. The summed E-state index contributed by atoms with van der Waals surface area (Å²) in [4.78, 5) is 0. The zero-order valence-corrected chi connectivity index (χ0v) is 11.7. The zero-order chi connectivity index (χ0) is 14.8. The first kappa shape index (κ1) is 13.5. The van der Waals surface area contributed by atoms with E-state index in [-0.39, 0.29) is 11.9 Å². The van der Waals surface area contributed by atoms with Gasteiger partial charge in [0.2, 0.25) is 0 Å². The Morgan fingerprint density at radius 1 is 1.10 bits per heavy atom. The molecule has 0 amide bonds. The Labute approximate surface area is 122 Å². The van der Waals surface area contributed by atoms with E-state index in [4.69, 9.17) is 5.73 Å². The van der Waals surface area contributed by atoms with Gasteiger partial charge in [0.05, 0.1) is 17.6 Å². The van der Waals surface area contributed by atoms with Gasteiger partial charge in [0.15, 0.2) is 0 Å². The lowest BCUT2D eigenvalue weighted by Gasteiger charge is -2.11. The highest BCUT2D eigenvalue weighted by molar-refractivity contribution is 5.61. The van der Waals surface area contributed by atoms with Crippen LogP contribution in [-0.2, 0) is 0 Å². The summed E-state index contributed by atoms with van der Waals surface area (Å²) in [6.07, 6.45) is 1.73. The first-order chi connectivity index (χ1) is 10.1. The molecule has 106 valence electrons. The van der Waals surface area contributed by atoms with Crippen LogP contribution < -0.4 is 5.73 Å². The molecule has 0 aliphatic heterocycles. The minimum absolute atomic E-state index is 0.0326. The molecule has 21 heavy (non-hydrogen) atoms. The molecule has 3 rings (SSSR count). The van der Waals surface area contributed by atoms with E-state index in [0.717, 1.165) is 22.5 Å². The number of benzene rings is 2. The maximum atomic E-state index is 13.1. The number of hydrogen-bond donors (Lipinski definition) is 1. The van der Waals surface area contributed by atoms with Gasteiger partial charge in [-0.3, -0.25) is 0 Å². The van der Waals surface area contributed by atoms with Crippen molar-refractivity contribution in [3.8, 4) is 16.9 Å². The average Bonchev–Trinajstić information content (AvgIpc) is 2.97. The molecule has 1 heterocycles. The highest BCUT2D eigenvalue weighted by atomic mass is 19.1. The van der Waals surface area contributed by atoms with Crippen molar-refractivity contribution in [3.05, 3.63) is 72.2 Å². The molecule has 0 aliphatic carbocycles. The Hall–Kier alpha value is -2.46. The molecule has 4 heteroatoms. The fourth-order valence-corrected chi connectivity index (χ4v) is 2.29. The van der Waals surface area contributed by atoms with Crippen LogP contribution in [0, 0.1) is 5.82 Å². The van der Waals surface area contributed by atoms with Gasteiger partial charge in [-0.25, -0.2) is 9.07 Å². The monoisotopic (exact) mass is 281 g/mol. The predicted molar refractivity (Wildman–Crippen MR) is 81.6 cm³/mol. The average molecular weight is 281 g/mol. The molecule has 1 atom stereocenters. The lowest BCUT2D eigenvalue weighted by atomic mass is 10.1. The summed E-state index contributed by atoms with van der Waals surface area (Å²) >= 11 is 0. The van der Waals surface area contributed by atoms with Crippen molar-refractivity contribution < 1.29 is 4.39 Å². The molecule has 2 N–H and O–H groups in total. The molecule has 1 aromatic heterocycles. The maximum Gasteiger partial charge on any atom is 0.123 e. The van der Waals surface area contributed by atoms with E-state index in [9.17, 15) is 4.39 Å². The largest absolute Gasteiger partial charge is 0.324 e. The van der Waals surface area contributed by atoms with Crippen molar-refractivity contribution in [3.63, 3.8) is 0 Å². The quantitative estimate of drug-likeness (QED) is 0.795. The van der Waals surface area contributed by atoms with Gasteiger partial charge in [-0.05, 0) is 55.0 Å². The second kappa shape index (κ2) is 5.50. The molecule has 0 fully saturated rings. The molecule has 2 aromatic carbocycles. The van der Waals surface area contributed by atoms with E-state index in [2.05, 4.69) is 5.10 Å². The minimum Gasteiger partial charge on any atom is -0.324 e. The van der Waals surface area contributed by atoms with Crippen molar-refractivity contribution >= 4 is 0 Å². The standard InChI is InChI=1S/C17H16FN3/c1-12(19)14-3-2-4-16(11-14)21-17(9-10-20-21)13-5-7-15(18)8-6-13/h2-12H,19H2,1H3. The van der Waals surface area contributed by atoms with E-state index in [0.29, 0.717) is 0 Å². The number of hydrogen-bond acceptors (Lipinski definition) is 2. The fraction of sp³-hybridized carbons (Fsp3) is 0.118. The molecule has 0 saturated carbocycles. The lowest BCUT2D eigenvalue weighted by Crippen LogP contribution is -2.06. The van der Waals surface area contributed by atoms with E-state index in [1.165, 1.54) is 12.1 Å². The smallest absolute Gasteiger partial charge is 0.123 e. The van der Waals surface area contributed by atoms with Crippen molar-refractivity contribution in [1.82, 2.24) is 9.78 Å². The Kier molecular flexibility index (Phi) is 3.54. The predicted octanol–water partition coefficient (Wildman–Crippen LogP) is 3.70. The van der Waals surface area contributed by atoms with Gasteiger partial charge in [-0.2, -0.15) is 5.10 Å². The maximum absolute atomic E-state index is 13.1. The third-order valence-electron chi connectivity index (χ3n) is 3.42. The summed E-state index contributed by atoms with van der Waals surface area (Å²) in [7, 11) is 0. The van der Waals surface area contributed by atoms with Crippen LogP contribution in [0.5, 0.6) is 0 Å². The summed E-state index contributed by atoms with van der Waals surface area (Å²) in [5.41, 5.74) is 9.75. The van der Waals surface area contributed by atoms with Crippen molar-refractivity contribution in [2.75, 3.05) is 0 Å². The van der Waals surface area contributed by atoms with Crippen LogP contribution in [0.25, 0.3) is 16.9 Å². The molecule has 0 radical (unpaired) electrons. The van der Waals surface area contributed by atoms with Crippen LogP contribution in [0.1, 0.15) is 18.5 Å². The normalized spacial score (nSPS) is 12.3. The Balaban J connectivity index is 2.06. The molecular formula is C17H16FN3. The summed E-state index contributed by atoms with van der Waals surface area (Å²) < 4.78 is 14.9. The van der Waals surface area contributed by atoms with Crippen molar-refractivity contribution in [2.24, 2.45) is 5.73 Å². The molecule has 0 spiro atoms. The van der Waals surface area contributed by atoms with E-state index in [1.807, 2.05) is 41.9 Å². The van der Waals surface area contributed by atoms with Crippen molar-refractivity contribution in [1.29, 1.82) is 0 Å². The molecule has 0 aliphatic rings. The summed E-state index contributed by atoms with van der Waals surface area (Å²) in [6, 6.07) is 16.2. The van der Waals surface area contributed by atoms with Crippen molar-refractivity contribution in [2.45, 2.75) is 13.0 Å². The minimum atomic E-state index is -0.247. The number of rotatable bonds is 3. The topological polar surface area (TPSA) is 43.8 Å². The molecule has 3 nitrogen and oxygen atoms in total. The van der Waals surface area contributed by atoms with Crippen LogP contribution in [0.2, 0.25) is 0 Å². The molecule has 3 aromatic rings. The first-order valence-electron chi connectivity index (χ1n) is 6.81. The molecule has 0 bridgehead atoms. The highest BCUT2D eigenvalue weighted by Gasteiger charge is 2.09. The third kappa shape index (κ3) is 2.71. The molecule has 0 saturated heterocycles.